The SMILES string of the molecule is N=C1C(=N)c2c(ccc3ccccc23)-c2ccccc21.OCCN(c1ccccn1)c1ccccn1.OCCN(c1ccccn1)c1ccccn1.[Rh+3]. The smallest absolute Gasteiger partial charge is 0.395 e. The zero-order valence-electron chi connectivity index (χ0n) is 28.8. The molecule has 1 aliphatic carbocycles. The van der Waals surface area contributed by atoms with Gasteiger partial charge in [0.2, 0.25) is 0 Å². The fourth-order valence-electron chi connectivity index (χ4n) is 5.91. The van der Waals surface area contributed by atoms with Gasteiger partial charge in [-0.3, -0.25) is 10.8 Å². The average molecular weight is 790 g/mol. The van der Waals surface area contributed by atoms with E-state index in [4.69, 9.17) is 21.0 Å². The molecule has 264 valence electrons. The molecule has 4 N–H and O–H groups in total. The Hall–Kier alpha value is -6.00. The number of hydrogen-bond acceptors (Lipinski definition) is 10. The van der Waals surface area contributed by atoms with Gasteiger partial charge in [0.15, 0.2) is 0 Å². The number of hydrogen-bond donors (Lipinski definition) is 4. The fourth-order valence-corrected chi connectivity index (χ4v) is 5.91. The molecule has 0 bridgehead atoms. The molecule has 11 heteroatoms. The van der Waals surface area contributed by atoms with Crippen molar-refractivity contribution in [2.24, 2.45) is 0 Å². The zero-order valence-corrected chi connectivity index (χ0v) is 30.4. The molecule has 0 atom stereocenters. The Bertz CT molecular complexity index is 2060. The van der Waals surface area contributed by atoms with Gasteiger partial charge in [-0.05, 0) is 70.4 Å². The van der Waals surface area contributed by atoms with Crippen LogP contribution in [0.25, 0.3) is 21.9 Å². The van der Waals surface area contributed by atoms with Gasteiger partial charge in [-0.15, -0.1) is 0 Å². The Morgan fingerprint density at radius 2 is 0.849 bits per heavy atom. The molecule has 0 spiro atoms. The predicted molar refractivity (Wildman–Crippen MR) is 208 cm³/mol. The first-order valence-electron chi connectivity index (χ1n) is 16.8. The first kappa shape index (κ1) is 38.2. The number of pyridine rings is 4. The fraction of sp³-hybridized carbons (Fsp3) is 0.0952. The van der Waals surface area contributed by atoms with Crippen molar-refractivity contribution < 1.29 is 29.7 Å². The number of nitrogens with one attached hydrogen (secondary N) is 2. The first-order valence-corrected chi connectivity index (χ1v) is 16.8. The van der Waals surface area contributed by atoms with E-state index in [0.29, 0.717) is 24.5 Å². The first-order chi connectivity index (χ1) is 25.6. The summed E-state index contributed by atoms with van der Waals surface area (Å²) in [6, 6.07) is 42.7. The monoisotopic (exact) mass is 789 g/mol. The minimum absolute atomic E-state index is 0. The van der Waals surface area contributed by atoms with E-state index in [0.717, 1.165) is 56.3 Å². The topological polar surface area (TPSA) is 146 Å². The molecule has 3 aromatic carbocycles. The molecular weight excluding hydrogens is 751 g/mol. The summed E-state index contributed by atoms with van der Waals surface area (Å²) in [6.45, 7) is 1.09. The molecule has 1 aliphatic rings. The van der Waals surface area contributed by atoms with Crippen LogP contribution >= 0.6 is 0 Å². The molecular formula is C42H38N8O2Rh+3. The summed E-state index contributed by atoms with van der Waals surface area (Å²) >= 11 is 0. The van der Waals surface area contributed by atoms with Crippen LogP contribution in [0.2, 0.25) is 0 Å². The van der Waals surface area contributed by atoms with Gasteiger partial charge in [0, 0.05) is 49.0 Å². The van der Waals surface area contributed by atoms with E-state index in [1.165, 1.54) is 0 Å². The van der Waals surface area contributed by atoms with Crippen LogP contribution in [0.1, 0.15) is 11.1 Å². The molecule has 0 saturated carbocycles. The number of rotatable bonds is 8. The van der Waals surface area contributed by atoms with Crippen LogP contribution in [0.5, 0.6) is 0 Å². The van der Waals surface area contributed by atoms with E-state index < -0.39 is 0 Å². The number of anilines is 4. The number of benzene rings is 3. The third-order valence-electron chi connectivity index (χ3n) is 8.27. The van der Waals surface area contributed by atoms with E-state index in [-0.39, 0.29) is 32.7 Å². The Morgan fingerprint density at radius 3 is 1.28 bits per heavy atom. The molecule has 4 heterocycles. The Balaban J connectivity index is 0.000000154. The van der Waals surface area contributed by atoms with Crippen LogP contribution in [-0.2, 0) is 19.5 Å². The number of aromatic nitrogens is 4. The van der Waals surface area contributed by atoms with Gasteiger partial charge >= 0.3 is 19.5 Å². The van der Waals surface area contributed by atoms with Gasteiger partial charge in [-0.1, -0.05) is 84.9 Å². The Labute approximate surface area is 321 Å². The van der Waals surface area contributed by atoms with Gasteiger partial charge < -0.3 is 20.0 Å². The van der Waals surface area contributed by atoms with Gasteiger partial charge in [-0.2, -0.15) is 0 Å². The van der Waals surface area contributed by atoms with Crippen molar-refractivity contribution in [3.8, 4) is 11.1 Å². The predicted octanol–water partition coefficient (Wildman–Crippen LogP) is 7.47. The second-order valence-electron chi connectivity index (χ2n) is 11.5. The van der Waals surface area contributed by atoms with E-state index in [1.54, 1.807) is 24.8 Å². The largest absolute Gasteiger partial charge is 3.00 e. The van der Waals surface area contributed by atoms with Gasteiger partial charge in [-0.25, -0.2) is 19.9 Å². The maximum atomic E-state index is 9.06. The van der Waals surface area contributed by atoms with Crippen molar-refractivity contribution >= 4 is 45.5 Å². The number of fused-ring (bicyclic) bond motifs is 5. The molecule has 0 radical (unpaired) electrons. The van der Waals surface area contributed by atoms with E-state index in [1.807, 2.05) is 131 Å². The summed E-state index contributed by atoms with van der Waals surface area (Å²) in [7, 11) is 0. The molecule has 8 rings (SSSR count). The van der Waals surface area contributed by atoms with Crippen LogP contribution in [0.15, 0.2) is 158 Å². The van der Waals surface area contributed by atoms with Gasteiger partial charge in [0.1, 0.15) is 23.3 Å². The van der Waals surface area contributed by atoms with Crippen LogP contribution < -0.4 is 9.80 Å². The van der Waals surface area contributed by atoms with Crippen LogP contribution in [0.4, 0.5) is 23.3 Å². The van der Waals surface area contributed by atoms with Crippen LogP contribution in [0.3, 0.4) is 0 Å². The minimum Gasteiger partial charge on any atom is -0.395 e. The summed E-state index contributed by atoms with van der Waals surface area (Å²) in [6.07, 6.45) is 6.90. The second kappa shape index (κ2) is 19.0. The van der Waals surface area contributed by atoms with Crippen molar-refractivity contribution in [3.63, 3.8) is 0 Å². The molecule has 53 heavy (non-hydrogen) atoms. The summed E-state index contributed by atoms with van der Waals surface area (Å²) < 4.78 is 0. The number of aliphatic hydroxyl groups is 2. The molecule has 0 saturated heterocycles. The van der Waals surface area contributed by atoms with E-state index in [2.05, 4.69) is 32.1 Å². The van der Waals surface area contributed by atoms with Crippen molar-refractivity contribution in [2.45, 2.75) is 0 Å². The Kier molecular flexibility index (Phi) is 13.7. The zero-order chi connectivity index (χ0) is 36.1. The summed E-state index contributed by atoms with van der Waals surface area (Å²) in [4.78, 5) is 20.7. The summed E-state index contributed by atoms with van der Waals surface area (Å²) in [5.41, 5.74) is 4.46. The minimum atomic E-state index is 0. The average Bonchev–Trinajstić information content (AvgIpc) is 3.22. The van der Waals surface area contributed by atoms with E-state index in [9.17, 15) is 0 Å². The van der Waals surface area contributed by atoms with Crippen LogP contribution in [-0.4, -0.2) is 67.9 Å². The third kappa shape index (κ3) is 9.09. The number of nitrogens with zero attached hydrogens (tertiary/aromatic N) is 6. The summed E-state index contributed by atoms with van der Waals surface area (Å²) in [5.74, 6) is 3.15. The standard InChI is InChI=1S/C18H12N2.2C12H13N3O.Rh/c19-17-15-8-4-3-7-13(15)14-10-9-11-5-1-2-6-12(11)16(14)18(17)20;2*16-10-9-15(11-5-1-3-7-13-11)12-6-2-4-8-14-12;/h1-10,19-20H;2*1-8,16H,9-10H2;/q;;;+3. The summed E-state index contributed by atoms with van der Waals surface area (Å²) in [5, 5.41) is 36.9. The quantitative estimate of drug-likeness (QED) is 0.116. The normalized spacial score (nSPS) is 11.1. The number of aliphatic hydroxyl groups excluding tert-OH is 2. The second-order valence-corrected chi connectivity index (χ2v) is 11.5. The molecule has 4 aromatic heterocycles. The van der Waals surface area contributed by atoms with Crippen molar-refractivity contribution in [1.29, 1.82) is 10.8 Å². The third-order valence-corrected chi connectivity index (χ3v) is 8.27. The molecule has 0 aliphatic heterocycles. The Morgan fingerprint density at radius 1 is 0.434 bits per heavy atom. The molecule has 0 unspecified atom stereocenters. The van der Waals surface area contributed by atoms with Gasteiger partial charge in [0.25, 0.3) is 0 Å². The van der Waals surface area contributed by atoms with Crippen molar-refractivity contribution in [3.05, 3.63) is 169 Å². The van der Waals surface area contributed by atoms with Gasteiger partial charge in [0.05, 0.1) is 24.6 Å². The van der Waals surface area contributed by atoms with Crippen molar-refractivity contribution in [1.82, 2.24) is 19.9 Å². The molecule has 7 aromatic rings. The van der Waals surface area contributed by atoms with Crippen molar-refractivity contribution in [2.75, 3.05) is 36.1 Å². The van der Waals surface area contributed by atoms with Crippen LogP contribution in [0, 0.1) is 10.8 Å². The molecule has 0 fully saturated rings. The van der Waals surface area contributed by atoms with E-state index >= 15 is 0 Å². The molecule has 10 nitrogen and oxygen atoms in total. The molecule has 0 amide bonds. The maximum absolute atomic E-state index is 9.06. The maximum Gasteiger partial charge on any atom is 3.00 e.